The van der Waals surface area contributed by atoms with Crippen LogP contribution in [-0.4, -0.2) is 13.2 Å². The van der Waals surface area contributed by atoms with Gasteiger partial charge in [-0.2, -0.15) is 0 Å². The highest BCUT2D eigenvalue weighted by molar-refractivity contribution is 6.30. The summed E-state index contributed by atoms with van der Waals surface area (Å²) in [5.74, 6) is 0.362. The summed E-state index contributed by atoms with van der Waals surface area (Å²) in [6.07, 6.45) is 6.46. The van der Waals surface area contributed by atoms with Gasteiger partial charge in [-0.1, -0.05) is 73.5 Å². The summed E-state index contributed by atoms with van der Waals surface area (Å²) in [7, 11) is 0. The SMILES string of the molecule is CCCC=C[C@H]1CO[C@H](c2ccc(-c3ccc(Cl)cc3)cc2)OC1. The maximum Gasteiger partial charge on any atom is 0.183 e. The first-order valence-electron chi connectivity index (χ1n) is 8.52. The molecule has 3 rings (SSSR count). The third-order valence-corrected chi connectivity index (χ3v) is 4.40. The number of halogens is 1. The number of benzene rings is 2. The second-order valence-corrected chi connectivity index (χ2v) is 6.54. The molecular weight excluding hydrogens is 320 g/mol. The fraction of sp³-hybridized carbons (Fsp3) is 0.333. The zero-order valence-electron chi connectivity index (χ0n) is 14.0. The average Bonchev–Trinajstić information content (AvgIpc) is 2.63. The van der Waals surface area contributed by atoms with Gasteiger partial charge in [-0.25, -0.2) is 0 Å². The van der Waals surface area contributed by atoms with Crippen LogP contribution >= 0.6 is 11.6 Å². The third-order valence-electron chi connectivity index (χ3n) is 4.15. The van der Waals surface area contributed by atoms with E-state index in [2.05, 4.69) is 43.3 Å². The minimum atomic E-state index is -0.264. The molecule has 0 unspecified atom stereocenters. The van der Waals surface area contributed by atoms with E-state index in [1.807, 2.05) is 24.3 Å². The van der Waals surface area contributed by atoms with E-state index in [0.29, 0.717) is 19.1 Å². The van der Waals surface area contributed by atoms with Crippen LogP contribution in [-0.2, 0) is 9.47 Å². The summed E-state index contributed by atoms with van der Waals surface area (Å²) in [5.41, 5.74) is 3.37. The first-order chi connectivity index (χ1) is 11.8. The minimum Gasteiger partial charge on any atom is -0.348 e. The van der Waals surface area contributed by atoms with Gasteiger partial charge in [0.15, 0.2) is 6.29 Å². The number of ether oxygens (including phenoxy) is 2. The van der Waals surface area contributed by atoms with E-state index in [4.69, 9.17) is 21.1 Å². The van der Waals surface area contributed by atoms with Crippen LogP contribution in [0.3, 0.4) is 0 Å². The highest BCUT2D eigenvalue weighted by atomic mass is 35.5. The molecule has 24 heavy (non-hydrogen) atoms. The molecule has 0 radical (unpaired) electrons. The Labute approximate surface area is 149 Å². The maximum absolute atomic E-state index is 5.94. The normalized spacial score (nSPS) is 21.2. The van der Waals surface area contributed by atoms with Crippen molar-refractivity contribution in [3.8, 4) is 11.1 Å². The average molecular weight is 343 g/mol. The van der Waals surface area contributed by atoms with Crippen LogP contribution in [0, 0.1) is 5.92 Å². The van der Waals surface area contributed by atoms with Gasteiger partial charge in [0.1, 0.15) is 0 Å². The van der Waals surface area contributed by atoms with Gasteiger partial charge in [0.2, 0.25) is 0 Å². The molecule has 0 N–H and O–H groups in total. The van der Waals surface area contributed by atoms with Crippen LogP contribution in [0.25, 0.3) is 11.1 Å². The molecule has 1 heterocycles. The number of hydrogen-bond donors (Lipinski definition) is 0. The summed E-state index contributed by atoms with van der Waals surface area (Å²) < 4.78 is 11.8. The molecule has 0 atom stereocenters. The van der Waals surface area contributed by atoms with Crippen molar-refractivity contribution < 1.29 is 9.47 Å². The lowest BCUT2D eigenvalue weighted by Gasteiger charge is -2.28. The van der Waals surface area contributed by atoms with Crippen LogP contribution in [0.15, 0.2) is 60.7 Å². The van der Waals surface area contributed by atoms with Crippen molar-refractivity contribution in [2.24, 2.45) is 5.92 Å². The summed E-state index contributed by atoms with van der Waals surface area (Å²) in [6, 6.07) is 16.2. The molecule has 0 bridgehead atoms. The second kappa shape index (κ2) is 8.48. The number of allylic oxidation sites excluding steroid dienone is 1. The van der Waals surface area contributed by atoms with E-state index >= 15 is 0 Å². The standard InChI is InChI=1S/C21H23ClO2/c1-2-3-4-5-16-14-23-21(24-15-16)19-8-6-17(7-9-19)18-10-12-20(22)13-11-18/h4-13,16,21H,2-3,14-15H2,1H3/t16-,21-. The Morgan fingerprint density at radius 2 is 1.54 bits per heavy atom. The van der Waals surface area contributed by atoms with Gasteiger partial charge >= 0.3 is 0 Å². The van der Waals surface area contributed by atoms with E-state index in [1.165, 1.54) is 6.42 Å². The Morgan fingerprint density at radius 3 is 2.12 bits per heavy atom. The van der Waals surface area contributed by atoms with Crippen molar-refractivity contribution in [3.63, 3.8) is 0 Å². The van der Waals surface area contributed by atoms with Gasteiger partial charge in [0.25, 0.3) is 0 Å². The van der Waals surface area contributed by atoms with E-state index < -0.39 is 0 Å². The summed E-state index contributed by atoms with van der Waals surface area (Å²) in [4.78, 5) is 0. The highest BCUT2D eigenvalue weighted by Gasteiger charge is 2.21. The molecule has 2 nitrogen and oxygen atoms in total. The van der Waals surface area contributed by atoms with Crippen LogP contribution in [0.2, 0.25) is 5.02 Å². The lowest BCUT2D eigenvalue weighted by atomic mass is 10.0. The Morgan fingerprint density at radius 1 is 0.958 bits per heavy atom. The summed E-state index contributed by atoms with van der Waals surface area (Å²) in [5, 5.41) is 0.752. The third kappa shape index (κ3) is 4.47. The van der Waals surface area contributed by atoms with E-state index in [9.17, 15) is 0 Å². The highest BCUT2D eigenvalue weighted by Crippen LogP contribution is 2.28. The summed E-state index contributed by atoms with van der Waals surface area (Å²) in [6.45, 7) is 3.61. The molecule has 0 aromatic heterocycles. The van der Waals surface area contributed by atoms with E-state index in [0.717, 1.165) is 28.1 Å². The smallest absolute Gasteiger partial charge is 0.183 e. The topological polar surface area (TPSA) is 18.5 Å². The number of unbranched alkanes of at least 4 members (excludes halogenated alkanes) is 1. The van der Waals surface area contributed by atoms with Crippen molar-refractivity contribution in [2.75, 3.05) is 13.2 Å². The Balaban J connectivity index is 1.59. The second-order valence-electron chi connectivity index (χ2n) is 6.10. The molecule has 126 valence electrons. The molecule has 1 saturated heterocycles. The van der Waals surface area contributed by atoms with Crippen molar-refractivity contribution in [1.82, 2.24) is 0 Å². The van der Waals surface area contributed by atoms with Gasteiger partial charge in [0.05, 0.1) is 13.2 Å². The molecule has 0 saturated carbocycles. The summed E-state index contributed by atoms with van der Waals surface area (Å²) >= 11 is 5.94. The van der Waals surface area contributed by atoms with Crippen LogP contribution < -0.4 is 0 Å². The molecule has 0 amide bonds. The van der Waals surface area contributed by atoms with Gasteiger partial charge in [-0.3, -0.25) is 0 Å². The van der Waals surface area contributed by atoms with E-state index in [1.54, 1.807) is 0 Å². The zero-order chi connectivity index (χ0) is 16.8. The van der Waals surface area contributed by atoms with Crippen molar-refractivity contribution >= 4 is 11.6 Å². The maximum atomic E-state index is 5.94. The van der Waals surface area contributed by atoms with Crippen LogP contribution in [0.1, 0.15) is 31.6 Å². The van der Waals surface area contributed by atoms with Crippen LogP contribution in [0.5, 0.6) is 0 Å². The fourth-order valence-corrected chi connectivity index (χ4v) is 2.88. The first-order valence-corrected chi connectivity index (χ1v) is 8.90. The van der Waals surface area contributed by atoms with Gasteiger partial charge in [-0.15, -0.1) is 0 Å². The van der Waals surface area contributed by atoms with Crippen molar-refractivity contribution in [1.29, 1.82) is 0 Å². The lowest BCUT2D eigenvalue weighted by molar-refractivity contribution is -0.197. The largest absolute Gasteiger partial charge is 0.348 e. The number of hydrogen-bond acceptors (Lipinski definition) is 2. The molecule has 2 aromatic rings. The molecule has 0 aliphatic carbocycles. The van der Waals surface area contributed by atoms with E-state index in [-0.39, 0.29) is 6.29 Å². The molecule has 3 heteroatoms. The lowest BCUT2D eigenvalue weighted by Crippen LogP contribution is -2.25. The molecule has 2 aromatic carbocycles. The molecule has 1 aliphatic heterocycles. The quantitative estimate of drug-likeness (QED) is 0.618. The Bertz CT molecular complexity index is 653. The number of rotatable bonds is 5. The molecule has 1 fully saturated rings. The van der Waals surface area contributed by atoms with Gasteiger partial charge < -0.3 is 9.47 Å². The molecular formula is C21H23ClO2. The zero-order valence-corrected chi connectivity index (χ0v) is 14.7. The monoisotopic (exact) mass is 342 g/mol. The van der Waals surface area contributed by atoms with Crippen molar-refractivity contribution in [3.05, 3.63) is 71.3 Å². The Hall–Kier alpha value is -1.61. The molecule has 0 spiro atoms. The first kappa shape index (κ1) is 17.2. The van der Waals surface area contributed by atoms with Crippen molar-refractivity contribution in [2.45, 2.75) is 26.1 Å². The Kier molecular flexibility index (Phi) is 6.08. The molecule has 1 aliphatic rings. The fourth-order valence-electron chi connectivity index (χ4n) is 2.75. The van der Waals surface area contributed by atoms with Crippen LogP contribution in [0.4, 0.5) is 0 Å². The minimum absolute atomic E-state index is 0.264. The predicted octanol–water partition coefficient (Wildman–Crippen LogP) is 6.02. The predicted molar refractivity (Wildman–Crippen MR) is 99.1 cm³/mol. The van der Waals surface area contributed by atoms with Gasteiger partial charge in [0, 0.05) is 16.5 Å². The van der Waals surface area contributed by atoms with Gasteiger partial charge in [-0.05, 0) is 29.7 Å².